The molecule has 0 radical (unpaired) electrons. The summed E-state index contributed by atoms with van der Waals surface area (Å²) >= 11 is 0. The standard InChI is InChI=1S/C40H66O9/c1-3-5-11-17-29(41)23-25-33-31(35(43)27-36(33)44)19-13-8-10-16-22-40(48)49-38-28-37(45)32(20-14-7-9-15-21-39(46)47)34(38)26-24-30(42)18-12-6-4-2/h23-26,29-34,36,38,41-42,44H,3-22,27-28H2,1-2H3,(H,46,47)/t29-,30-,31+,32+,33+,34+,36+,38?/m0/s1. The van der Waals surface area contributed by atoms with Gasteiger partial charge in [0.05, 0.1) is 18.3 Å². The SMILES string of the molecule is CCCCC[C@H](O)C=C[C@H]1[C@H](O)CC(=O)[C@@H]1CCCCCCC(=O)OC1CC(=O)[C@H](CCCCCCC(=O)O)[C@H]1C=C[C@@H](O)CCCCC. The fourth-order valence-corrected chi connectivity index (χ4v) is 7.40. The first kappa shape index (κ1) is 42.8. The molecule has 2 saturated carbocycles. The Morgan fingerprint density at radius 2 is 1.18 bits per heavy atom. The molecule has 49 heavy (non-hydrogen) atoms. The van der Waals surface area contributed by atoms with Crippen LogP contribution in [-0.4, -0.2) is 68.3 Å². The van der Waals surface area contributed by atoms with E-state index in [1.165, 1.54) is 0 Å². The lowest BCUT2D eigenvalue weighted by molar-refractivity contribution is -0.150. The Kier molecular flexibility index (Phi) is 21.6. The summed E-state index contributed by atoms with van der Waals surface area (Å²) in [7, 11) is 0. The first-order valence-corrected chi connectivity index (χ1v) is 19.4. The average molecular weight is 691 g/mol. The van der Waals surface area contributed by atoms with Crippen molar-refractivity contribution in [3.05, 3.63) is 24.3 Å². The van der Waals surface area contributed by atoms with Crippen molar-refractivity contribution in [3.63, 3.8) is 0 Å². The predicted octanol–water partition coefficient (Wildman–Crippen LogP) is 7.43. The Morgan fingerprint density at radius 1 is 0.694 bits per heavy atom. The molecule has 1 unspecified atom stereocenters. The second-order valence-electron chi connectivity index (χ2n) is 14.5. The summed E-state index contributed by atoms with van der Waals surface area (Å²) in [6, 6.07) is 0. The van der Waals surface area contributed by atoms with Crippen molar-refractivity contribution in [2.24, 2.45) is 23.7 Å². The number of carbonyl (C=O) groups is 4. The van der Waals surface area contributed by atoms with Crippen LogP contribution in [0.1, 0.15) is 155 Å². The Hall–Kier alpha value is -2.36. The van der Waals surface area contributed by atoms with E-state index < -0.39 is 30.4 Å². The molecule has 4 N–H and O–H groups in total. The highest BCUT2D eigenvalue weighted by Gasteiger charge is 2.43. The Morgan fingerprint density at radius 3 is 1.73 bits per heavy atom. The number of ketones is 2. The zero-order valence-electron chi connectivity index (χ0n) is 30.3. The van der Waals surface area contributed by atoms with Gasteiger partial charge in [0, 0.05) is 49.4 Å². The lowest BCUT2D eigenvalue weighted by Gasteiger charge is -2.22. The summed E-state index contributed by atoms with van der Waals surface area (Å²) in [5.41, 5.74) is 0. The Labute approximate surface area is 295 Å². The number of unbranched alkanes of at least 4 members (excludes halogenated alkanes) is 10. The third-order valence-corrected chi connectivity index (χ3v) is 10.3. The quantitative estimate of drug-likeness (QED) is 0.0391. The number of carbonyl (C=O) groups excluding carboxylic acids is 3. The lowest BCUT2D eigenvalue weighted by atomic mass is 9.88. The van der Waals surface area contributed by atoms with E-state index >= 15 is 0 Å². The molecular formula is C40H66O9. The van der Waals surface area contributed by atoms with E-state index in [0.717, 1.165) is 77.0 Å². The summed E-state index contributed by atoms with van der Waals surface area (Å²) in [6.07, 6.45) is 20.4. The number of aliphatic hydroxyl groups excluding tert-OH is 3. The smallest absolute Gasteiger partial charge is 0.306 e. The van der Waals surface area contributed by atoms with Crippen molar-refractivity contribution >= 4 is 23.5 Å². The molecule has 8 atom stereocenters. The van der Waals surface area contributed by atoms with E-state index in [9.17, 15) is 34.5 Å². The van der Waals surface area contributed by atoms with Crippen LogP contribution in [-0.2, 0) is 23.9 Å². The molecule has 9 nitrogen and oxygen atoms in total. The maximum atomic E-state index is 13.1. The highest BCUT2D eigenvalue weighted by atomic mass is 16.5. The Balaban J connectivity index is 1.82. The first-order valence-electron chi connectivity index (χ1n) is 19.4. The van der Waals surface area contributed by atoms with Crippen LogP contribution in [0.4, 0.5) is 0 Å². The van der Waals surface area contributed by atoms with E-state index in [0.29, 0.717) is 38.5 Å². The molecule has 2 aliphatic carbocycles. The number of carboxylic acids is 1. The second-order valence-corrected chi connectivity index (χ2v) is 14.5. The van der Waals surface area contributed by atoms with Gasteiger partial charge in [-0.25, -0.2) is 0 Å². The normalized spacial score (nSPS) is 25.5. The molecule has 0 aromatic rings. The van der Waals surface area contributed by atoms with Gasteiger partial charge in [0.15, 0.2) is 0 Å². The van der Waals surface area contributed by atoms with Gasteiger partial charge in [0.25, 0.3) is 0 Å². The molecule has 0 aliphatic heterocycles. The van der Waals surface area contributed by atoms with Gasteiger partial charge < -0.3 is 25.2 Å². The summed E-state index contributed by atoms with van der Waals surface area (Å²) in [5.74, 6) is -2.05. The van der Waals surface area contributed by atoms with Crippen molar-refractivity contribution in [2.45, 2.75) is 180 Å². The van der Waals surface area contributed by atoms with Gasteiger partial charge >= 0.3 is 11.9 Å². The molecule has 0 aromatic carbocycles. The van der Waals surface area contributed by atoms with Crippen LogP contribution in [0.3, 0.4) is 0 Å². The molecule has 0 saturated heterocycles. The monoisotopic (exact) mass is 690 g/mol. The highest BCUT2D eigenvalue weighted by Crippen LogP contribution is 2.37. The number of rotatable bonds is 27. The van der Waals surface area contributed by atoms with Crippen LogP contribution in [0.25, 0.3) is 0 Å². The molecule has 0 aromatic heterocycles. The van der Waals surface area contributed by atoms with Gasteiger partial charge in [0.2, 0.25) is 0 Å². The molecule has 2 fully saturated rings. The summed E-state index contributed by atoms with van der Waals surface area (Å²) in [5, 5.41) is 40.0. The van der Waals surface area contributed by atoms with Gasteiger partial charge in [-0.05, 0) is 38.5 Å². The summed E-state index contributed by atoms with van der Waals surface area (Å²) in [6.45, 7) is 4.23. The number of aliphatic carboxylic acids is 1. The molecule has 0 heterocycles. The minimum Gasteiger partial charge on any atom is -0.481 e. The van der Waals surface area contributed by atoms with Crippen LogP contribution in [0.2, 0.25) is 0 Å². The molecule has 0 spiro atoms. The van der Waals surface area contributed by atoms with Gasteiger partial charge in [-0.1, -0.05) is 115 Å². The van der Waals surface area contributed by atoms with E-state index in [-0.39, 0.29) is 66.9 Å². The number of hydrogen-bond acceptors (Lipinski definition) is 8. The molecule has 280 valence electrons. The van der Waals surface area contributed by atoms with Crippen LogP contribution in [0.15, 0.2) is 24.3 Å². The van der Waals surface area contributed by atoms with Crippen molar-refractivity contribution in [1.29, 1.82) is 0 Å². The molecule has 9 heteroatoms. The van der Waals surface area contributed by atoms with Crippen LogP contribution in [0.5, 0.6) is 0 Å². The minimum atomic E-state index is -0.799. The van der Waals surface area contributed by atoms with Crippen molar-refractivity contribution in [3.8, 4) is 0 Å². The fraction of sp³-hybridized carbons (Fsp3) is 0.800. The largest absolute Gasteiger partial charge is 0.481 e. The molecule has 2 rings (SSSR count). The zero-order chi connectivity index (χ0) is 36.0. The Bertz CT molecular complexity index is 1040. The second kappa shape index (κ2) is 24.7. The third kappa shape index (κ3) is 16.9. The number of Topliss-reactive ketones (excluding diaryl/α,β-unsaturated/α-hetero) is 2. The summed E-state index contributed by atoms with van der Waals surface area (Å²) in [4.78, 5) is 49.3. The van der Waals surface area contributed by atoms with Crippen molar-refractivity contribution in [1.82, 2.24) is 0 Å². The maximum Gasteiger partial charge on any atom is 0.306 e. The fourth-order valence-electron chi connectivity index (χ4n) is 7.40. The molecule has 0 amide bonds. The first-order chi connectivity index (χ1) is 23.6. The highest BCUT2D eigenvalue weighted by molar-refractivity contribution is 5.85. The van der Waals surface area contributed by atoms with E-state index in [1.54, 1.807) is 12.2 Å². The molecule has 2 aliphatic rings. The van der Waals surface area contributed by atoms with E-state index in [4.69, 9.17) is 9.84 Å². The molecular weight excluding hydrogens is 624 g/mol. The zero-order valence-corrected chi connectivity index (χ0v) is 30.3. The van der Waals surface area contributed by atoms with E-state index in [2.05, 4.69) is 13.8 Å². The molecule has 0 bridgehead atoms. The van der Waals surface area contributed by atoms with Gasteiger partial charge in [-0.15, -0.1) is 0 Å². The van der Waals surface area contributed by atoms with Gasteiger partial charge in [0.1, 0.15) is 17.7 Å². The number of aliphatic hydroxyl groups is 3. The average Bonchev–Trinajstić information content (AvgIpc) is 3.50. The van der Waals surface area contributed by atoms with Crippen LogP contribution >= 0.6 is 0 Å². The number of ether oxygens (including phenoxy) is 1. The number of esters is 1. The van der Waals surface area contributed by atoms with Crippen molar-refractivity contribution < 1.29 is 44.3 Å². The van der Waals surface area contributed by atoms with Crippen LogP contribution in [0, 0.1) is 23.7 Å². The lowest BCUT2D eigenvalue weighted by Crippen LogP contribution is -2.24. The van der Waals surface area contributed by atoms with Gasteiger partial charge in [-0.3, -0.25) is 19.2 Å². The van der Waals surface area contributed by atoms with Gasteiger partial charge in [-0.2, -0.15) is 0 Å². The summed E-state index contributed by atoms with van der Waals surface area (Å²) < 4.78 is 5.87. The maximum absolute atomic E-state index is 13.1. The third-order valence-electron chi connectivity index (χ3n) is 10.3. The predicted molar refractivity (Wildman–Crippen MR) is 191 cm³/mol. The minimum absolute atomic E-state index is 0.0733. The number of carboxylic acid groups (broad SMARTS) is 1. The topological polar surface area (TPSA) is 158 Å². The number of hydrogen-bond donors (Lipinski definition) is 4. The van der Waals surface area contributed by atoms with Crippen LogP contribution < -0.4 is 0 Å². The van der Waals surface area contributed by atoms with E-state index in [1.807, 2.05) is 12.2 Å². The van der Waals surface area contributed by atoms with Crippen molar-refractivity contribution in [2.75, 3.05) is 0 Å².